The molecule has 0 fully saturated rings. The minimum Gasteiger partial charge on any atom is -0.355 e. The van der Waals surface area contributed by atoms with Gasteiger partial charge in [0.1, 0.15) is 0 Å². The van der Waals surface area contributed by atoms with Gasteiger partial charge in [0, 0.05) is 19.2 Å². The third-order valence-corrected chi connectivity index (χ3v) is 5.20. The summed E-state index contributed by atoms with van der Waals surface area (Å²) >= 11 is 0. The molecule has 0 aliphatic carbocycles. The molecule has 0 spiro atoms. The topological polar surface area (TPSA) is 104 Å². The summed E-state index contributed by atoms with van der Waals surface area (Å²) in [5.74, 6) is -0.988. The molecule has 0 bridgehead atoms. The van der Waals surface area contributed by atoms with Crippen molar-refractivity contribution in [3.63, 3.8) is 0 Å². The summed E-state index contributed by atoms with van der Waals surface area (Å²) in [7, 11) is -2.83. The van der Waals surface area contributed by atoms with E-state index in [2.05, 4.69) is 10.6 Å². The van der Waals surface area contributed by atoms with Gasteiger partial charge in [-0.1, -0.05) is 18.2 Å². The average molecular weight is 429 g/mol. The summed E-state index contributed by atoms with van der Waals surface area (Å²) in [5.41, 5.74) is -0.106. The molecule has 0 unspecified atom stereocenters. The normalized spacial score (nSPS) is 11.7. The Hall–Kier alpha value is -2.92. The Morgan fingerprint density at radius 2 is 1.72 bits per heavy atom. The van der Waals surface area contributed by atoms with Crippen LogP contribution in [0.2, 0.25) is 0 Å². The van der Waals surface area contributed by atoms with Crippen LogP contribution in [0.1, 0.15) is 21.5 Å². The molecule has 2 rings (SSSR count). The van der Waals surface area contributed by atoms with Crippen molar-refractivity contribution in [2.45, 2.75) is 17.6 Å². The van der Waals surface area contributed by atoms with Gasteiger partial charge in [-0.15, -0.1) is 0 Å². The molecule has 156 valence electrons. The predicted molar refractivity (Wildman–Crippen MR) is 98.3 cm³/mol. The lowest BCUT2D eigenvalue weighted by molar-refractivity contribution is -0.137. The quantitative estimate of drug-likeness (QED) is 0.623. The van der Waals surface area contributed by atoms with Crippen LogP contribution in [-0.4, -0.2) is 33.8 Å². The van der Waals surface area contributed by atoms with Crippen molar-refractivity contribution in [2.24, 2.45) is 0 Å². The summed E-state index contributed by atoms with van der Waals surface area (Å²) in [6.45, 7) is -0.622. The molecule has 0 saturated heterocycles. The monoisotopic (exact) mass is 429 g/mol. The zero-order valence-corrected chi connectivity index (χ0v) is 16.0. The Labute approximate surface area is 165 Å². The van der Waals surface area contributed by atoms with E-state index in [-0.39, 0.29) is 12.5 Å². The first-order chi connectivity index (χ1) is 13.5. The number of hydrogen-bond acceptors (Lipinski definition) is 4. The van der Waals surface area contributed by atoms with Crippen molar-refractivity contribution < 1.29 is 31.2 Å². The highest BCUT2D eigenvalue weighted by atomic mass is 32.2. The molecular weight excluding hydrogens is 411 g/mol. The number of sulfonamides is 1. The Bertz CT molecular complexity index is 1010. The molecule has 0 atom stereocenters. The van der Waals surface area contributed by atoms with Gasteiger partial charge < -0.3 is 10.6 Å². The second-order valence-corrected chi connectivity index (χ2v) is 7.67. The van der Waals surface area contributed by atoms with E-state index < -0.39 is 39.1 Å². The fourth-order valence-electron chi connectivity index (χ4n) is 2.31. The molecule has 2 amide bonds. The molecule has 0 saturated carbocycles. The van der Waals surface area contributed by atoms with Gasteiger partial charge in [0.05, 0.1) is 17.0 Å². The Morgan fingerprint density at radius 1 is 1.03 bits per heavy atom. The third kappa shape index (κ3) is 6.29. The molecule has 0 radical (unpaired) electrons. The van der Waals surface area contributed by atoms with E-state index in [1.54, 1.807) is 24.3 Å². The number of halogens is 3. The maximum absolute atomic E-state index is 12.7. The summed E-state index contributed by atoms with van der Waals surface area (Å²) in [6.07, 6.45) is -4.69. The molecule has 0 aromatic heterocycles. The maximum atomic E-state index is 12.7. The fraction of sp³-hybridized carbons (Fsp3) is 0.222. The predicted octanol–water partition coefficient (Wildman–Crippen LogP) is 1.66. The number of hydrogen-bond donors (Lipinski definition) is 3. The van der Waals surface area contributed by atoms with E-state index in [9.17, 15) is 31.2 Å². The van der Waals surface area contributed by atoms with Crippen molar-refractivity contribution in [3.05, 3.63) is 65.2 Å². The van der Waals surface area contributed by atoms with Gasteiger partial charge in [-0.3, -0.25) is 9.59 Å². The zero-order valence-electron chi connectivity index (χ0n) is 15.2. The Kier molecular flexibility index (Phi) is 6.98. The standard InChI is InChI=1S/C18H18F3N3O4S/c1-22-17(26)13-5-2-4-12(8-13)10-23-16(25)11-24-29(27,28)15-7-3-6-14(9-15)18(19,20)21/h2-9,24H,10-11H2,1H3,(H,22,26)(H,23,25). The van der Waals surface area contributed by atoms with E-state index in [0.29, 0.717) is 17.2 Å². The second-order valence-electron chi connectivity index (χ2n) is 5.91. The van der Waals surface area contributed by atoms with Gasteiger partial charge in [0.15, 0.2) is 0 Å². The number of alkyl halides is 3. The van der Waals surface area contributed by atoms with Crippen LogP contribution in [0.25, 0.3) is 0 Å². The highest BCUT2D eigenvalue weighted by Gasteiger charge is 2.31. The van der Waals surface area contributed by atoms with Crippen LogP contribution in [-0.2, 0) is 27.5 Å². The second kappa shape index (κ2) is 9.05. The number of rotatable bonds is 7. The number of amides is 2. The van der Waals surface area contributed by atoms with E-state index in [1.807, 2.05) is 4.72 Å². The number of benzene rings is 2. The Morgan fingerprint density at radius 3 is 2.38 bits per heavy atom. The lowest BCUT2D eigenvalue weighted by atomic mass is 10.1. The van der Waals surface area contributed by atoms with Crippen molar-refractivity contribution in [2.75, 3.05) is 13.6 Å². The fourth-order valence-corrected chi connectivity index (χ4v) is 3.34. The van der Waals surface area contributed by atoms with Crippen LogP contribution in [0.3, 0.4) is 0 Å². The molecule has 0 heterocycles. The highest BCUT2D eigenvalue weighted by molar-refractivity contribution is 7.89. The van der Waals surface area contributed by atoms with Crippen LogP contribution in [0.15, 0.2) is 53.4 Å². The number of nitrogens with one attached hydrogen (secondary N) is 3. The SMILES string of the molecule is CNC(=O)c1cccc(CNC(=O)CNS(=O)(=O)c2cccc(C(F)(F)F)c2)c1. The minimum atomic E-state index is -4.69. The first-order valence-electron chi connectivity index (χ1n) is 8.27. The largest absolute Gasteiger partial charge is 0.416 e. The average Bonchev–Trinajstić information content (AvgIpc) is 2.70. The van der Waals surface area contributed by atoms with Crippen molar-refractivity contribution >= 4 is 21.8 Å². The van der Waals surface area contributed by atoms with Crippen LogP contribution < -0.4 is 15.4 Å². The van der Waals surface area contributed by atoms with E-state index in [1.165, 1.54) is 7.05 Å². The van der Waals surface area contributed by atoms with Crippen LogP contribution in [0.4, 0.5) is 13.2 Å². The van der Waals surface area contributed by atoms with E-state index >= 15 is 0 Å². The highest BCUT2D eigenvalue weighted by Crippen LogP contribution is 2.30. The van der Waals surface area contributed by atoms with Crippen molar-refractivity contribution in [1.29, 1.82) is 0 Å². The molecule has 7 nitrogen and oxygen atoms in total. The van der Waals surface area contributed by atoms with Crippen molar-refractivity contribution in [3.8, 4) is 0 Å². The smallest absolute Gasteiger partial charge is 0.355 e. The van der Waals surface area contributed by atoms with Gasteiger partial charge in [-0.05, 0) is 35.9 Å². The molecule has 0 aliphatic rings. The lowest BCUT2D eigenvalue weighted by Crippen LogP contribution is -2.36. The van der Waals surface area contributed by atoms with Crippen LogP contribution >= 0.6 is 0 Å². The number of carbonyl (C=O) groups excluding carboxylic acids is 2. The first kappa shape index (κ1) is 22.4. The molecule has 0 aliphatic heterocycles. The van der Waals surface area contributed by atoms with Crippen LogP contribution in [0.5, 0.6) is 0 Å². The molecule has 11 heteroatoms. The summed E-state index contributed by atoms with van der Waals surface area (Å²) < 4.78 is 64.4. The maximum Gasteiger partial charge on any atom is 0.416 e. The van der Waals surface area contributed by atoms with Crippen LogP contribution in [0, 0.1) is 0 Å². The van der Waals surface area contributed by atoms with E-state index in [0.717, 1.165) is 18.2 Å². The van der Waals surface area contributed by atoms with E-state index in [4.69, 9.17) is 0 Å². The molecule has 29 heavy (non-hydrogen) atoms. The van der Waals surface area contributed by atoms with Gasteiger partial charge in [-0.2, -0.15) is 13.2 Å². The molecule has 2 aromatic rings. The lowest BCUT2D eigenvalue weighted by Gasteiger charge is -2.11. The summed E-state index contributed by atoms with van der Waals surface area (Å²) in [6, 6.07) is 9.65. The van der Waals surface area contributed by atoms with Gasteiger partial charge in [-0.25, -0.2) is 13.1 Å². The van der Waals surface area contributed by atoms with Gasteiger partial charge in [0.25, 0.3) is 5.91 Å². The molecule has 2 aromatic carbocycles. The Balaban J connectivity index is 1.96. The third-order valence-electron chi connectivity index (χ3n) is 3.80. The summed E-state index contributed by atoms with van der Waals surface area (Å²) in [5, 5.41) is 4.93. The van der Waals surface area contributed by atoms with Crippen molar-refractivity contribution in [1.82, 2.24) is 15.4 Å². The summed E-state index contributed by atoms with van der Waals surface area (Å²) in [4.78, 5) is 22.9. The number of carbonyl (C=O) groups is 2. The first-order valence-corrected chi connectivity index (χ1v) is 9.76. The molecule has 3 N–H and O–H groups in total. The van der Waals surface area contributed by atoms with Gasteiger partial charge in [0.2, 0.25) is 15.9 Å². The molecular formula is C18H18F3N3O4S. The zero-order chi connectivity index (χ0) is 21.7. The van der Waals surface area contributed by atoms with Gasteiger partial charge >= 0.3 is 6.18 Å². The minimum absolute atomic E-state index is 0.0367.